The van der Waals surface area contributed by atoms with E-state index in [9.17, 15) is 9.90 Å². The predicted octanol–water partition coefficient (Wildman–Crippen LogP) is 4.36. The minimum absolute atomic E-state index is 0.0775. The van der Waals surface area contributed by atoms with Crippen LogP contribution in [0.5, 0.6) is 0 Å². The van der Waals surface area contributed by atoms with Crippen molar-refractivity contribution in [2.75, 3.05) is 0 Å². The van der Waals surface area contributed by atoms with Gasteiger partial charge in [-0.15, -0.1) is 6.58 Å². The van der Waals surface area contributed by atoms with Crippen LogP contribution in [0.4, 0.5) is 0 Å². The molecule has 124 valence electrons. The molecule has 2 fully saturated rings. The lowest BCUT2D eigenvalue weighted by Gasteiger charge is -2.51. The number of aliphatic hydroxyl groups excluding tert-OH is 1. The maximum atomic E-state index is 11.8. The lowest BCUT2D eigenvalue weighted by atomic mass is 9.53. The average Bonchev–Trinajstić information content (AvgIpc) is 2.82. The average molecular weight is 312 g/mol. The van der Waals surface area contributed by atoms with Crippen molar-refractivity contribution >= 4 is 5.78 Å². The number of hydrogen-bond acceptors (Lipinski definition) is 2. The van der Waals surface area contributed by atoms with Crippen LogP contribution in [0.15, 0.2) is 35.5 Å². The third kappa shape index (κ3) is 2.21. The van der Waals surface area contributed by atoms with E-state index in [1.807, 2.05) is 12.2 Å². The number of carbonyl (C=O) groups excluding carboxylic acids is 1. The molecule has 0 radical (unpaired) electrons. The van der Waals surface area contributed by atoms with Crippen LogP contribution >= 0.6 is 0 Å². The standard InChI is InChI=1S/C21H28O2/c1-3-4-14-12-21(2)18(9-10-19(21)23)17-7-5-13-11-15(22)6-8-16(13)20(14)17/h3,11,14,17-19,23H,1,4-10,12H2,2H3. The number of carbonyl (C=O) groups is 1. The van der Waals surface area contributed by atoms with Crippen molar-refractivity contribution in [1.82, 2.24) is 0 Å². The van der Waals surface area contributed by atoms with Gasteiger partial charge in [-0.3, -0.25) is 4.79 Å². The summed E-state index contributed by atoms with van der Waals surface area (Å²) < 4.78 is 0. The van der Waals surface area contributed by atoms with E-state index in [4.69, 9.17) is 0 Å². The van der Waals surface area contributed by atoms with Gasteiger partial charge in [0.25, 0.3) is 0 Å². The number of rotatable bonds is 2. The monoisotopic (exact) mass is 312 g/mol. The highest BCUT2D eigenvalue weighted by atomic mass is 16.3. The first-order chi connectivity index (χ1) is 11.0. The van der Waals surface area contributed by atoms with E-state index < -0.39 is 0 Å². The zero-order chi connectivity index (χ0) is 16.2. The van der Waals surface area contributed by atoms with Gasteiger partial charge in [-0.1, -0.05) is 18.6 Å². The molecular formula is C21H28O2. The quantitative estimate of drug-likeness (QED) is 0.769. The second kappa shape index (κ2) is 5.44. The summed E-state index contributed by atoms with van der Waals surface area (Å²) in [5.41, 5.74) is 4.56. The smallest absolute Gasteiger partial charge is 0.156 e. The van der Waals surface area contributed by atoms with Crippen LogP contribution in [0.2, 0.25) is 0 Å². The fourth-order valence-electron chi connectivity index (χ4n) is 6.22. The Labute approximate surface area is 139 Å². The number of aliphatic hydroxyl groups is 1. The van der Waals surface area contributed by atoms with E-state index in [-0.39, 0.29) is 11.5 Å². The molecule has 23 heavy (non-hydrogen) atoms. The van der Waals surface area contributed by atoms with Crippen LogP contribution in [-0.2, 0) is 4.79 Å². The second-order valence-electron chi connectivity index (χ2n) is 8.35. The predicted molar refractivity (Wildman–Crippen MR) is 91.8 cm³/mol. The van der Waals surface area contributed by atoms with Crippen molar-refractivity contribution in [2.24, 2.45) is 23.2 Å². The van der Waals surface area contributed by atoms with Gasteiger partial charge in [0.15, 0.2) is 5.78 Å². The molecule has 2 nitrogen and oxygen atoms in total. The molecule has 0 aromatic carbocycles. The van der Waals surface area contributed by atoms with Crippen LogP contribution < -0.4 is 0 Å². The first-order valence-electron chi connectivity index (χ1n) is 9.30. The zero-order valence-corrected chi connectivity index (χ0v) is 14.2. The van der Waals surface area contributed by atoms with Gasteiger partial charge in [0.05, 0.1) is 6.10 Å². The van der Waals surface area contributed by atoms with Crippen LogP contribution in [0.3, 0.4) is 0 Å². The first kappa shape index (κ1) is 15.4. The molecule has 0 heterocycles. The number of fused-ring (bicyclic) bond motifs is 4. The molecule has 0 aromatic rings. The highest BCUT2D eigenvalue weighted by Gasteiger charge is 2.55. The Morgan fingerprint density at radius 1 is 1.30 bits per heavy atom. The number of ketones is 1. The summed E-state index contributed by atoms with van der Waals surface area (Å²) in [6.07, 6.45) is 11.9. The number of hydrogen-bond donors (Lipinski definition) is 1. The van der Waals surface area contributed by atoms with Crippen molar-refractivity contribution in [3.05, 3.63) is 35.5 Å². The lowest BCUT2D eigenvalue weighted by molar-refractivity contribution is -0.114. The summed E-state index contributed by atoms with van der Waals surface area (Å²) in [4.78, 5) is 11.8. The molecule has 4 aliphatic rings. The lowest BCUT2D eigenvalue weighted by Crippen LogP contribution is -2.45. The van der Waals surface area contributed by atoms with Crippen molar-refractivity contribution in [3.63, 3.8) is 0 Å². The zero-order valence-electron chi connectivity index (χ0n) is 14.2. The van der Waals surface area contributed by atoms with E-state index in [1.165, 1.54) is 17.6 Å². The van der Waals surface area contributed by atoms with Crippen molar-refractivity contribution in [3.8, 4) is 0 Å². The maximum Gasteiger partial charge on any atom is 0.156 e. The molecule has 0 saturated heterocycles. The Kier molecular flexibility index (Phi) is 3.64. The molecule has 1 N–H and O–H groups in total. The van der Waals surface area contributed by atoms with Crippen LogP contribution in [0.1, 0.15) is 58.3 Å². The summed E-state index contributed by atoms with van der Waals surface area (Å²) in [5, 5.41) is 10.6. The van der Waals surface area contributed by atoms with Gasteiger partial charge in [-0.05, 0) is 85.3 Å². The maximum absolute atomic E-state index is 11.8. The largest absolute Gasteiger partial charge is 0.393 e. The van der Waals surface area contributed by atoms with E-state index in [0.29, 0.717) is 30.0 Å². The van der Waals surface area contributed by atoms with E-state index >= 15 is 0 Å². The SMILES string of the molecule is C=CCC1CC2(C)C(O)CCC2C2CCC3=CC(=O)CCC3=C12. The third-order valence-electron chi connectivity index (χ3n) is 7.24. The topological polar surface area (TPSA) is 37.3 Å². The van der Waals surface area contributed by atoms with Crippen molar-refractivity contribution in [1.29, 1.82) is 0 Å². The molecule has 2 heteroatoms. The fourth-order valence-corrected chi connectivity index (χ4v) is 6.22. The molecule has 5 atom stereocenters. The van der Waals surface area contributed by atoms with Gasteiger partial charge in [0.1, 0.15) is 0 Å². The molecule has 2 saturated carbocycles. The van der Waals surface area contributed by atoms with E-state index in [2.05, 4.69) is 13.5 Å². The third-order valence-corrected chi connectivity index (χ3v) is 7.24. The van der Waals surface area contributed by atoms with Gasteiger partial charge in [0.2, 0.25) is 0 Å². The summed E-state index contributed by atoms with van der Waals surface area (Å²) in [7, 11) is 0. The molecule has 0 bridgehead atoms. The van der Waals surface area contributed by atoms with Crippen molar-refractivity contribution < 1.29 is 9.90 Å². The molecule has 5 unspecified atom stereocenters. The second-order valence-corrected chi connectivity index (χ2v) is 8.35. The molecular weight excluding hydrogens is 284 g/mol. The molecule has 0 aromatic heterocycles. The van der Waals surface area contributed by atoms with E-state index in [1.54, 1.807) is 5.57 Å². The first-order valence-corrected chi connectivity index (χ1v) is 9.30. The molecule has 4 rings (SSSR count). The highest BCUT2D eigenvalue weighted by Crippen LogP contribution is 2.62. The minimum atomic E-state index is -0.142. The van der Waals surface area contributed by atoms with E-state index in [0.717, 1.165) is 38.5 Å². The van der Waals surface area contributed by atoms with Crippen molar-refractivity contribution in [2.45, 2.75) is 64.4 Å². The van der Waals surface area contributed by atoms with Crippen LogP contribution in [0, 0.1) is 23.2 Å². The van der Waals surface area contributed by atoms with Gasteiger partial charge in [-0.2, -0.15) is 0 Å². The van der Waals surface area contributed by atoms with Gasteiger partial charge in [0, 0.05) is 6.42 Å². The molecule has 0 spiro atoms. The summed E-state index contributed by atoms with van der Waals surface area (Å²) in [6, 6.07) is 0. The highest BCUT2D eigenvalue weighted by molar-refractivity contribution is 5.93. The molecule has 0 aliphatic heterocycles. The summed E-state index contributed by atoms with van der Waals surface area (Å²) in [6.45, 7) is 6.30. The fraction of sp³-hybridized carbons (Fsp3) is 0.667. The molecule has 4 aliphatic carbocycles. The Hall–Kier alpha value is -1.15. The normalized spacial score (nSPS) is 42.7. The Balaban J connectivity index is 1.81. The number of allylic oxidation sites excluding steroid dienone is 5. The van der Waals surface area contributed by atoms with Gasteiger partial charge in [-0.25, -0.2) is 0 Å². The van der Waals surface area contributed by atoms with Gasteiger partial charge >= 0.3 is 0 Å². The Morgan fingerprint density at radius 3 is 2.91 bits per heavy atom. The minimum Gasteiger partial charge on any atom is -0.393 e. The van der Waals surface area contributed by atoms with Gasteiger partial charge < -0.3 is 5.11 Å². The summed E-state index contributed by atoms with van der Waals surface area (Å²) >= 11 is 0. The molecule has 0 amide bonds. The Bertz CT molecular complexity index is 611. The Morgan fingerprint density at radius 2 is 2.13 bits per heavy atom. The van der Waals surface area contributed by atoms with Crippen LogP contribution in [0.25, 0.3) is 0 Å². The van der Waals surface area contributed by atoms with Crippen LogP contribution in [-0.4, -0.2) is 17.0 Å². The summed E-state index contributed by atoms with van der Waals surface area (Å²) in [5.74, 6) is 2.06.